The molecule has 39 nitrogen and oxygen atoms in total. The fourth-order valence-electron chi connectivity index (χ4n) is 8.78. The highest BCUT2D eigenvalue weighted by molar-refractivity contribution is 5.98. The van der Waals surface area contributed by atoms with Crippen LogP contribution in [0.1, 0.15) is 78.8 Å². The number of nitrogens with zero attached hydrogens (tertiary/aromatic N) is 1. The molecule has 4 rings (SSSR count). The summed E-state index contributed by atoms with van der Waals surface area (Å²) in [4.78, 5) is 129. The number of carboxylic acids is 2. The Hall–Kier alpha value is -8.26. The van der Waals surface area contributed by atoms with E-state index in [-0.39, 0.29) is 153 Å². The maximum Gasteiger partial charge on any atom is 0.434 e. The largest absolute Gasteiger partial charge is 0.479 e. The number of hydrogen-bond acceptors (Lipinski definition) is 30. The van der Waals surface area contributed by atoms with E-state index in [1.54, 1.807) is 20.8 Å². The molecule has 39 heteroatoms. The SMILES string of the molecule is CC(=O)OCc1ccc(O[C@@H]2O[C@H](C(=O)O)[C@@H](O)[C@H](O)[C@H]2O)c(C(=O)NCCOCCOCC(=O)NCCCC[C@@H](NC(=O)COCCOCCNC(=O)c2cc(COC(N)=O)ccc2O[C@@H]2O[C@H](C(=O)O)[C@@H](O)[C@H](O)[C@H]2O)C(=O)NCCOCCOCCON(C)C(=O)OC(C)(C)C)c1. The van der Waals surface area contributed by atoms with E-state index in [0.717, 1.165) is 5.06 Å². The van der Waals surface area contributed by atoms with Gasteiger partial charge in [-0.3, -0.25) is 33.6 Å². The minimum Gasteiger partial charge on any atom is -0.479 e. The predicted octanol–water partition coefficient (Wildman–Crippen LogP) is -4.17. The van der Waals surface area contributed by atoms with Crippen molar-refractivity contribution in [2.75, 3.05) is 119 Å². The van der Waals surface area contributed by atoms with E-state index < -0.39 is 139 Å². The van der Waals surface area contributed by atoms with Crippen molar-refractivity contribution in [3.05, 3.63) is 58.7 Å². The molecule has 0 aliphatic carbocycles. The smallest absolute Gasteiger partial charge is 0.434 e. The van der Waals surface area contributed by atoms with Gasteiger partial charge in [0.05, 0.1) is 83.8 Å². The van der Waals surface area contributed by atoms with Crippen LogP contribution < -0.4 is 41.8 Å². The number of amides is 7. The van der Waals surface area contributed by atoms with Gasteiger partial charge in [0, 0.05) is 40.2 Å². The van der Waals surface area contributed by atoms with Crippen LogP contribution in [0, 0.1) is 0 Å². The molecular formula is C61H91N7O32. The molecule has 2 aromatic rings. The van der Waals surface area contributed by atoms with Crippen molar-refractivity contribution in [1.82, 2.24) is 31.6 Å². The molecule has 7 amide bonds. The maximum absolute atomic E-state index is 13.4. The number of nitrogens with two attached hydrogens (primary N) is 1. The lowest BCUT2D eigenvalue weighted by Crippen LogP contribution is -2.61. The summed E-state index contributed by atoms with van der Waals surface area (Å²) in [7, 11) is 1.40. The molecule has 2 aliphatic heterocycles. The number of ether oxygens (including phenoxy) is 13. The molecule has 2 aromatic carbocycles. The summed E-state index contributed by atoms with van der Waals surface area (Å²) >= 11 is 0. The molecule has 2 heterocycles. The number of hydroxylamine groups is 2. The summed E-state index contributed by atoms with van der Waals surface area (Å²) in [6, 6.07) is 6.78. The first-order chi connectivity index (χ1) is 47.5. The maximum atomic E-state index is 13.4. The van der Waals surface area contributed by atoms with Gasteiger partial charge in [-0.1, -0.05) is 12.1 Å². The Balaban J connectivity index is 1.19. The molecule has 11 atom stereocenters. The number of carbonyl (C=O) groups excluding carboxylic acids is 8. The number of nitrogens with one attached hydrogen (secondary N) is 5. The number of unbranched alkanes of at least 4 members (excludes halogenated alkanes) is 1. The van der Waals surface area contributed by atoms with Crippen LogP contribution in [0.15, 0.2) is 36.4 Å². The molecule has 0 bridgehead atoms. The number of carboxylic acid groups (broad SMARTS) is 2. The van der Waals surface area contributed by atoms with Gasteiger partial charge in [-0.05, 0) is 75.4 Å². The van der Waals surface area contributed by atoms with Crippen molar-refractivity contribution in [3.8, 4) is 11.5 Å². The van der Waals surface area contributed by atoms with Crippen LogP contribution in [-0.2, 0) is 98.9 Å². The third-order valence-electron chi connectivity index (χ3n) is 13.8. The van der Waals surface area contributed by atoms with Crippen molar-refractivity contribution in [2.24, 2.45) is 5.73 Å². The average molecular weight is 1430 g/mol. The third kappa shape index (κ3) is 30.7. The van der Waals surface area contributed by atoms with Gasteiger partial charge >= 0.3 is 30.1 Å². The highest BCUT2D eigenvalue weighted by Gasteiger charge is 2.50. The number of carbonyl (C=O) groups is 10. The molecule has 2 fully saturated rings. The Morgan fingerprint density at radius 1 is 0.540 bits per heavy atom. The lowest BCUT2D eigenvalue weighted by atomic mass is 9.99. The first kappa shape index (κ1) is 84.2. The Bertz CT molecular complexity index is 2960. The topological polar surface area (TPSA) is 551 Å². The molecule has 100 heavy (non-hydrogen) atoms. The Kier molecular flexibility index (Phi) is 37.1. The molecular weight excluding hydrogens is 1340 g/mol. The highest BCUT2D eigenvalue weighted by Crippen LogP contribution is 2.30. The fourth-order valence-corrected chi connectivity index (χ4v) is 8.78. The van der Waals surface area contributed by atoms with Gasteiger partial charge < -0.3 is 135 Å². The molecule has 0 radical (unpaired) electrons. The van der Waals surface area contributed by atoms with Crippen molar-refractivity contribution >= 4 is 59.6 Å². The fraction of sp³-hybridized carbons (Fsp3) is 0.639. The number of aliphatic carboxylic acids is 2. The van der Waals surface area contributed by atoms with Crippen molar-refractivity contribution in [1.29, 1.82) is 0 Å². The minimum absolute atomic E-state index is 0.00215. The number of hydrogen-bond donors (Lipinski definition) is 14. The second-order valence-electron chi connectivity index (χ2n) is 22.9. The number of primary amides is 1. The first-order valence-electron chi connectivity index (χ1n) is 31.4. The zero-order valence-electron chi connectivity index (χ0n) is 55.8. The summed E-state index contributed by atoms with van der Waals surface area (Å²) in [5.41, 5.74) is 4.60. The van der Waals surface area contributed by atoms with E-state index in [4.69, 9.17) is 72.2 Å². The van der Waals surface area contributed by atoms with Crippen LogP contribution in [0.3, 0.4) is 0 Å². The van der Waals surface area contributed by atoms with Gasteiger partial charge in [-0.15, -0.1) is 0 Å². The van der Waals surface area contributed by atoms with Crippen LogP contribution in [-0.4, -0.2) is 298 Å². The zero-order chi connectivity index (χ0) is 73.9. The summed E-state index contributed by atoms with van der Waals surface area (Å²) in [5, 5.41) is 94.6. The van der Waals surface area contributed by atoms with Crippen molar-refractivity contribution in [3.63, 3.8) is 0 Å². The lowest BCUT2D eigenvalue weighted by Gasteiger charge is -2.38. The lowest BCUT2D eigenvalue weighted by molar-refractivity contribution is -0.271. The quantitative estimate of drug-likeness (QED) is 0.0129. The predicted molar refractivity (Wildman–Crippen MR) is 334 cm³/mol. The van der Waals surface area contributed by atoms with E-state index in [1.165, 1.54) is 50.4 Å². The van der Waals surface area contributed by atoms with E-state index in [9.17, 15) is 88.8 Å². The number of aliphatic hydroxyl groups is 6. The number of esters is 1. The number of aliphatic hydroxyl groups excluding tert-OH is 6. The second-order valence-corrected chi connectivity index (χ2v) is 22.9. The Morgan fingerprint density at radius 3 is 1.44 bits per heavy atom. The number of benzene rings is 2. The van der Waals surface area contributed by atoms with Gasteiger partial charge in [0.25, 0.3) is 11.8 Å². The van der Waals surface area contributed by atoms with E-state index >= 15 is 0 Å². The Labute approximate surface area is 573 Å². The summed E-state index contributed by atoms with van der Waals surface area (Å²) in [5.74, 6) is -7.60. The molecule has 2 aliphatic rings. The van der Waals surface area contributed by atoms with Crippen molar-refractivity contribution < 1.29 is 155 Å². The molecule has 0 spiro atoms. The van der Waals surface area contributed by atoms with Gasteiger partial charge in [0.1, 0.15) is 86.2 Å². The second kappa shape index (κ2) is 44.1. The monoisotopic (exact) mass is 1430 g/mol. The van der Waals surface area contributed by atoms with E-state index in [2.05, 4.69) is 26.6 Å². The minimum atomic E-state index is -2.01. The molecule has 15 N–H and O–H groups in total. The first-order valence-corrected chi connectivity index (χ1v) is 31.4. The zero-order valence-corrected chi connectivity index (χ0v) is 55.8. The third-order valence-corrected chi connectivity index (χ3v) is 13.8. The van der Waals surface area contributed by atoms with Gasteiger partial charge in [0.15, 0.2) is 12.2 Å². The average Bonchev–Trinajstić information content (AvgIpc) is 0.802. The summed E-state index contributed by atoms with van der Waals surface area (Å²) in [6.07, 6.45) is -20.4. The van der Waals surface area contributed by atoms with Gasteiger partial charge in [-0.25, -0.2) is 19.2 Å². The molecule has 0 unspecified atom stereocenters. The van der Waals surface area contributed by atoms with Crippen LogP contribution in [0.2, 0.25) is 0 Å². The molecule has 2 saturated heterocycles. The number of rotatable bonds is 45. The molecule has 562 valence electrons. The van der Waals surface area contributed by atoms with Crippen LogP contribution in [0.25, 0.3) is 0 Å². The van der Waals surface area contributed by atoms with E-state index in [1.807, 2.05) is 0 Å². The van der Waals surface area contributed by atoms with Crippen LogP contribution in [0.5, 0.6) is 11.5 Å². The Morgan fingerprint density at radius 2 is 0.980 bits per heavy atom. The van der Waals surface area contributed by atoms with Gasteiger partial charge in [-0.2, -0.15) is 5.06 Å². The standard InChI is InChI=1S/C61H91N7O32/c1-34(69)93-30-35-9-11-40(96-57-48(76)44(72)46(74)50(98-57)55(81)82)37(28-35)52(78)64-14-17-88-22-24-91-32-42(70)63-13-7-6-8-39(54(80)66-16-19-87-20-21-90-26-27-95-68(5)60(86)100-61(2,3)4)67-43(71)33-92-25-23-89-18-15-65-53(79)38-29-36(31-94-59(62)85)10-12-41(38)97-58-49(77)45(73)47(75)51(99-58)56(83)84/h9-12,28-29,39,44-51,57-58,72-77H,6-8,13-27,30-33H2,1-5H3,(H2,62,85)(H,63,70)(H,64,78)(H,65,79)(H,66,80)(H,67,71)(H,81,82)(H,83,84)/t39-,44+,45+,46+,47+,48-,49-,50+,51+,57-,58-/m1/s1. The van der Waals surface area contributed by atoms with Crippen LogP contribution >= 0.6 is 0 Å². The molecule has 0 saturated carbocycles. The normalized spacial score (nSPS) is 20.7. The van der Waals surface area contributed by atoms with Crippen molar-refractivity contribution in [2.45, 2.75) is 133 Å². The van der Waals surface area contributed by atoms with Crippen LogP contribution in [0.4, 0.5) is 9.59 Å². The van der Waals surface area contributed by atoms with Gasteiger partial charge in [0.2, 0.25) is 30.3 Å². The molecule has 0 aromatic heterocycles. The summed E-state index contributed by atoms with van der Waals surface area (Å²) < 4.78 is 69.5. The van der Waals surface area contributed by atoms with E-state index in [0.29, 0.717) is 18.4 Å². The highest BCUT2D eigenvalue weighted by atomic mass is 16.7. The summed E-state index contributed by atoms with van der Waals surface area (Å²) in [6.45, 7) is 5.21.